The van der Waals surface area contributed by atoms with Gasteiger partial charge in [-0.1, -0.05) is 48.5 Å². The quantitative estimate of drug-likeness (QED) is 0.787. The average molecular weight is 326 g/mol. The van der Waals surface area contributed by atoms with Gasteiger partial charge in [-0.25, -0.2) is 0 Å². The number of hydrogen-bond acceptors (Lipinski definition) is 4. The molecule has 0 saturated carbocycles. The lowest BCUT2D eigenvalue weighted by atomic mass is 9.80. The van der Waals surface area contributed by atoms with Crippen molar-refractivity contribution in [2.75, 3.05) is 13.1 Å². The maximum absolute atomic E-state index is 11.2. The van der Waals surface area contributed by atoms with Crippen molar-refractivity contribution in [3.63, 3.8) is 0 Å². The van der Waals surface area contributed by atoms with Crippen LogP contribution in [-0.2, 0) is 25.3 Å². The highest BCUT2D eigenvalue weighted by molar-refractivity contribution is 5.39. The maximum Gasteiger partial charge on any atom is 0.0924 e. The van der Waals surface area contributed by atoms with E-state index in [9.17, 15) is 10.2 Å². The average Bonchev–Trinajstić information content (AvgIpc) is 2.64. The second kappa shape index (κ2) is 7.45. The van der Waals surface area contributed by atoms with Crippen molar-refractivity contribution in [2.45, 2.75) is 38.1 Å². The van der Waals surface area contributed by atoms with Crippen molar-refractivity contribution in [1.29, 1.82) is 0 Å². The van der Waals surface area contributed by atoms with Crippen molar-refractivity contribution >= 4 is 0 Å². The fraction of sp³-hybridized carbons (Fsp3) is 0.400. The van der Waals surface area contributed by atoms with Gasteiger partial charge in [0.05, 0.1) is 12.2 Å². The zero-order valence-electron chi connectivity index (χ0n) is 14.0. The number of nitrogens with two attached hydrogens (primary N) is 1. The van der Waals surface area contributed by atoms with Crippen LogP contribution in [0.1, 0.15) is 35.1 Å². The third-order valence-corrected chi connectivity index (χ3v) is 5.08. The molecule has 1 fully saturated rings. The Hall–Kier alpha value is -1.72. The number of likely N-dealkylation sites (tertiary alicyclic amines) is 1. The summed E-state index contributed by atoms with van der Waals surface area (Å²) in [7, 11) is 0. The third kappa shape index (κ3) is 3.52. The van der Waals surface area contributed by atoms with E-state index < -0.39 is 5.60 Å². The van der Waals surface area contributed by atoms with E-state index in [0.717, 1.165) is 36.3 Å². The molecular weight excluding hydrogens is 300 g/mol. The highest BCUT2D eigenvalue weighted by atomic mass is 16.3. The molecule has 1 heterocycles. The van der Waals surface area contributed by atoms with Crippen molar-refractivity contribution < 1.29 is 10.2 Å². The summed E-state index contributed by atoms with van der Waals surface area (Å²) in [6, 6.07) is 16.2. The lowest BCUT2D eigenvalue weighted by Gasteiger charge is -2.39. The predicted molar refractivity (Wildman–Crippen MR) is 95.1 cm³/mol. The van der Waals surface area contributed by atoms with Crippen molar-refractivity contribution in [2.24, 2.45) is 5.73 Å². The first-order valence-corrected chi connectivity index (χ1v) is 8.57. The smallest absolute Gasteiger partial charge is 0.0924 e. The van der Waals surface area contributed by atoms with Crippen molar-refractivity contribution in [3.8, 4) is 0 Å². The van der Waals surface area contributed by atoms with Crippen LogP contribution >= 0.6 is 0 Å². The Morgan fingerprint density at radius 2 is 1.71 bits per heavy atom. The van der Waals surface area contributed by atoms with Crippen LogP contribution in [0.2, 0.25) is 0 Å². The van der Waals surface area contributed by atoms with Crippen LogP contribution in [0.25, 0.3) is 0 Å². The Bertz CT molecular complexity index is 665. The summed E-state index contributed by atoms with van der Waals surface area (Å²) in [6.07, 6.45) is 1.34. The van der Waals surface area contributed by atoms with Crippen LogP contribution < -0.4 is 5.73 Å². The van der Waals surface area contributed by atoms with E-state index in [2.05, 4.69) is 29.2 Å². The van der Waals surface area contributed by atoms with Gasteiger partial charge in [0.25, 0.3) is 0 Å². The molecule has 2 aromatic rings. The molecule has 4 N–H and O–H groups in total. The maximum atomic E-state index is 11.2. The highest BCUT2D eigenvalue weighted by Gasteiger charge is 2.35. The largest absolute Gasteiger partial charge is 0.392 e. The summed E-state index contributed by atoms with van der Waals surface area (Å²) in [5.41, 5.74) is 8.73. The molecule has 1 saturated heterocycles. The van der Waals surface area contributed by atoms with Crippen LogP contribution in [-0.4, -0.2) is 28.2 Å². The topological polar surface area (TPSA) is 69.7 Å². The number of aliphatic hydroxyl groups is 2. The number of nitrogens with zero attached hydrogens (tertiary/aromatic N) is 1. The summed E-state index contributed by atoms with van der Waals surface area (Å²) in [5.74, 6) is 0. The van der Waals surface area contributed by atoms with E-state index in [-0.39, 0.29) is 6.61 Å². The predicted octanol–water partition coefficient (Wildman–Crippen LogP) is 2.12. The SMILES string of the molecule is NCc1cccc(C2(O)CCN(Cc3ccccc3)CC2)c1CO. The summed E-state index contributed by atoms with van der Waals surface area (Å²) in [4.78, 5) is 2.37. The van der Waals surface area contributed by atoms with Crippen molar-refractivity contribution in [1.82, 2.24) is 4.90 Å². The summed E-state index contributed by atoms with van der Waals surface area (Å²) in [5, 5.41) is 20.9. The van der Waals surface area contributed by atoms with Gasteiger partial charge in [-0.05, 0) is 35.1 Å². The third-order valence-electron chi connectivity index (χ3n) is 5.08. The Morgan fingerprint density at radius 3 is 2.33 bits per heavy atom. The zero-order valence-corrected chi connectivity index (χ0v) is 14.0. The first-order valence-electron chi connectivity index (χ1n) is 8.57. The lowest BCUT2D eigenvalue weighted by molar-refractivity contribution is -0.0291. The number of piperidine rings is 1. The molecule has 0 spiro atoms. The summed E-state index contributed by atoms with van der Waals surface area (Å²) in [6.45, 7) is 2.87. The van der Waals surface area contributed by atoms with E-state index in [1.54, 1.807) is 0 Å². The van der Waals surface area contributed by atoms with Crippen LogP contribution in [0.15, 0.2) is 48.5 Å². The van der Waals surface area contributed by atoms with Gasteiger partial charge in [0.2, 0.25) is 0 Å². The van der Waals surface area contributed by atoms with Gasteiger partial charge in [-0.3, -0.25) is 4.90 Å². The zero-order chi connectivity index (χ0) is 17.0. The van der Waals surface area contributed by atoms with E-state index >= 15 is 0 Å². The summed E-state index contributed by atoms with van der Waals surface area (Å²) >= 11 is 0. The number of aliphatic hydroxyl groups excluding tert-OH is 1. The van der Waals surface area contributed by atoms with Gasteiger partial charge < -0.3 is 15.9 Å². The number of benzene rings is 2. The van der Waals surface area contributed by atoms with Gasteiger partial charge in [-0.2, -0.15) is 0 Å². The molecule has 128 valence electrons. The van der Waals surface area contributed by atoms with Crippen LogP contribution in [0.3, 0.4) is 0 Å². The van der Waals surface area contributed by atoms with Crippen LogP contribution in [0.4, 0.5) is 0 Å². The molecule has 1 aliphatic rings. The lowest BCUT2D eigenvalue weighted by Crippen LogP contribution is -2.42. The molecule has 0 amide bonds. The Kier molecular flexibility index (Phi) is 5.31. The van der Waals surface area contributed by atoms with Gasteiger partial charge in [0, 0.05) is 26.2 Å². The Morgan fingerprint density at radius 1 is 1.00 bits per heavy atom. The molecule has 1 aliphatic heterocycles. The highest BCUT2D eigenvalue weighted by Crippen LogP contribution is 2.36. The first kappa shape index (κ1) is 17.1. The van der Waals surface area contributed by atoms with E-state index in [1.807, 2.05) is 24.3 Å². The number of hydrogen-bond donors (Lipinski definition) is 3. The molecule has 0 bridgehead atoms. The minimum absolute atomic E-state index is 0.0846. The molecule has 3 rings (SSSR count). The minimum Gasteiger partial charge on any atom is -0.392 e. The van der Waals surface area contributed by atoms with Crippen LogP contribution in [0, 0.1) is 0 Å². The van der Waals surface area contributed by atoms with E-state index in [4.69, 9.17) is 5.73 Å². The summed E-state index contributed by atoms with van der Waals surface area (Å²) < 4.78 is 0. The second-order valence-electron chi connectivity index (χ2n) is 6.60. The van der Waals surface area contributed by atoms with Gasteiger partial charge in [0.1, 0.15) is 0 Å². The Balaban J connectivity index is 1.73. The molecule has 0 aromatic heterocycles. The standard InChI is InChI=1S/C20H26N2O2/c21-13-17-7-4-8-19(18(17)15-23)20(24)9-11-22(12-10-20)14-16-5-2-1-3-6-16/h1-8,23-24H,9-15,21H2. The fourth-order valence-electron chi connectivity index (χ4n) is 3.64. The molecule has 24 heavy (non-hydrogen) atoms. The molecular formula is C20H26N2O2. The van der Waals surface area contributed by atoms with Gasteiger partial charge in [0.15, 0.2) is 0 Å². The second-order valence-corrected chi connectivity index (χ2v) is 6.60. The fourth-order valence-corrected chi connectivity index (χ4v) is 3.64. The molecule has 0 atom stereocenters. The van der Waals surface area contributed by atoms with Crippen molar-refractivity contribution in [3.05, 3.63) is 70.8 Å². The van der Waals surface area contributed by atoms with Gasteiger partial charge in [-0.15, -0.1) is 0 Å². The molecule has 4 nitrogen and oxygen atoms in total. The van der Waals surface area contributed by atoms with Crippen LogP contribution in [0.5, 0.6) is 0 Å². The first-order chi connectivity index (χ1) is 11.7. The minimum atomic E-state index is -0.879. The molecule has 0 unspecified atom stereocenters. The molecule has 0 aliphatic carbocycles. The molecule has 2 aromatic carbocycles. The number of rotatable bonds is 5. The normalized spacial score (nSPS) is 17.8. The molecule has 4 heteroatoms. The molecule has 0 radical (unpaired) electrons. The monoisotopic (exact) mass is 326 g/mol. The van der Waals surface area contributed by atoms with E-state index in [0.29, 0.717) is 19.4 Å². The van der Waals surface area contributed by atoms with Gasteiger partial charge >= 0.3 is 0 Å². The van der Waals surface area contributed by atoms with E-state index in [1.165, 1.54) is 5.56 Å². The Labute approximate surface area is 143 Å².